The molecule has 1 aliphatic rings. The van der Waals surface area contributed by atoms with Gasteiger partial charge in [0.05, 0.1) is 0 Å². The molecule has 0 unspecified atom stereocenters. The second kappa shape index (κ2) is 25.8. The molecular formula is C43H64N2Pd. The summed E-state index contributed by atoms with van der Waals surface area (Å²) in [4.78, 5) is 0. The van der Waals surface area contributed by atoms with E-state index in [0.717, 1.165) is 85.4 Å². The van der Waals surface area contributed by atoms with Crippen LogP contribution in [-0.2, 0) is 30.8 Å². The minimum atomic E-state index is 0.859. The number of hydrogen-bond donors (Lipinski definition) is 0. The van der Waals surface area contributed by atoms with Gasteiger partial charge in [-0.3, -0.25) is 0 Å². The molecular weight excluding hydrogens is 651 g/mol. The van der Waals surface area contributed by atoms with Crippen molar-refractivity contribution in [2.75, 3.05) is 0 Å². The van der Waals surface area contributed by atoms with Crippen LogP contribution in [0.15, 0.2) is 60.2 Å². The number of hydrogen-bond acceptors (Lipinski definition) is 0. The van der Waals surface area contributed by atoms with Gasteiger partial charge in [0, 0.05) is 35.6 Å². The Balaban J connectivity index is 0.00000236. The Kier molecular flexibility index (Phi) is 22.4. The molecule has 0 spiro atoms. The summed E-state index contributed by atoms with van der Waals surface area (Å²) in [5.41, 5.74) is 19.5. The zero-order chi connectivity index (χ0) is 33.2. The van der Waals surface area contributed by atoms with Gasteiger partial charge in [0.15, 0.2) is 0 Å². The number of nitrogens with zero attached hydrogens (tertiary/aromatic N) is 2. The van der Waals surface area contributed by atoms with Crippen molar-refractivity contribution in [1.82, 2.24) is 0 Å². The fourth-order valence-electron chi connectivity index (χ4n) is 6.11. The molecule has 0 amide bonds. The van der Waals surface area contributed by atoms with Crippen molar-refractivity contribution in [3.05, 3.63) is 88.0 Å². The second-order valence-electron chi connectivity index (χ2n) is 12.7. The Hall–Kier alpha value is -2.26. The molecule has 1 aliphatic heterocycles. The summed E-state index contributed by atoms with van der Waals surface area (Å²) < 4.78 is 1.46. The summed E-state index contributed by atoms with van der Waals surface area (Å²) in [7, 11) is 0. The molecule has 2 aromatic rings. The summed E-state index contributed by atoms with van der Waals surface area (Å²) in [6.07, 6.45) is 26.6. The van der Waals surface area contributed by atoms with E-state index < -0.39 is 0 Å². The molecule has 256 valence electrons. The van der Waals surface area contributed by atoms with Gasteiger partial charge in [0.1, 0.15) is 0 Å². The van der Waals surface area contributed by atoms with E-state index in [1.165, 1.54) is 105 Å². The van der Waals surface area contributed by atoms with Gasteiger partial charge >= 0.3 is 28.8 Å². The van der Waals surface area contributed by atoms with Crippen LogP contribution in [-0.4, -0.2) is 4.70 Å². The summed E-state index contributed by atoms with van der Waals surface area (Å²) in [5, 5.41) is 4.35. The molecule has 0 aromatic heterocycles. The molecule has 46 heavy (non-hydrogen) atoms. The Labute approximate surface area is 292 Å². The summed E-state index contributed by atoms with van der Waals surface area (Å²) in [6, 6.07) is 17.4. The van der Waals surface area contributed by atoms with Crippen LogP contribution < -0.4 is 0 Å². The van der Waals surface area contributed by atoms with Crippen molar-refractivity contribution >= 4 is 11.4 Å². The van der Waals surface area contributed by atoms with Crippen molar-refractivity contribution < 1.29 is 22.7 Å². The molecule has 0 saturated heterocycles. The van der Waals surface area contributed by atoms with E-state index in [1.54, 1.807) is 0 Å². The summed E-state index contributed by atoms with van der Waals surface area (Å²) >= 11 is 0.950. The van der Waals surface area contributed by atoms with Gasteiger partial charge in [-0.05, 0) is 67.9 Å². The first-order valence-electron chi connectivity index (χ1n) is 18.4. The summed E-state index contributed by atoms with van der Waals surface area (Å²) in [5.74, 6) is 6.88. The van der Waals surface area contributed by atoms with Gasteiger partial charge < -0.3 is 5.53 Å². The molecule has 0 saturated carbocycles. The third kappa shape index (κ3) is 15.1. The number of rotatable bonds is 21. The van der Waals surface area contributed by atoms with Crippen molar-refractivity contribution in [2.24, 2.45) is 0 Å². The van der Waals surface area contributed by atoms with Crippen LogP contribution in [0.25, 0.3) is 16.9 Å². The Morgan fingerprint density at radius 1 is 0.630 bits per heavy atom. The van der Waals surface area contributed by atoms with Gasteiger partial charge in [0.25, 0.3) is 0 Å². The molecule has 0 fully saturated rings. The van der Waals surface area contributed by atoms with E-state index in [-0.39, 0.29) is 0 Å². The Bertz CT molecular complexity index is 1260. The van der Waals surface area contributed by atoms with E-state index in [4.69, 9.17) is 0 Å². The normalized spacial score (nSPS) is 12.5. The topological polar surface area (TPSA) is 25.3 Å². The van der Waals surface area contributed by atoms with Crippen LogP contribution >= 0.6 is 0 Å². The second-order valence-corrected chi connectivity index (χ2v) is 14.3. The van der Waals surface area contributed by atoms with Crippen LogP contribution in [0.3, 0.4) is 0 Å². The zero-order valence-electron chi connectivity index (χ0n) is 30.0. The molecule has 3 rings (SSSR count). The van der Waals surface area contributed by atoms with Gasteiger partial charge in [-0.2, -0.15) is 0 Å². The molecule has 0 atom stereocenters. The average molecular weight is 715 g/mol. The molecule has 1 heterocycles. The number of allylic oxidation sites excluding steroid dienone is 2. The van der Waals surface area contributed by atoms with Gasteiger partial charge in [-0.1, -0.05) is 128 Å². The van der Waals surface area contributed by atoms with Crippen molar-refractivity contribution in [2.45, 2.75) is 160 Å². The van der Waals surface area contributed by atoms with Crippen molar-refractivity contribution in [3.63, 3.8) is 0 Å². The van der Waals surface area contributed by atoms with E-state index in [1.807, 2.05) is 0 Å². The van der Waals surface area contributed by atoms with Gasteiger partial charge in [-0.15, -0.1) is 11.8 Å². The standard InChI is InChI=1S/C41H58N2.2CH3.Pd/c1-4-7-10-11-12-13-14-15-16-17-18-19-20-22-29-36-30-23-24-32-39(36)41-38(28-9-6-3)34-40(43(41)42)37-31-25-27-35(33-37)26-21-8-5-2;;;/h23-25,27,30-34H,4-18,21-22,26,28-29H2,1-3H3;2*1H3;. The Morgan fingerprint density at radius 2 is 1.24 bits per heavy atom. The van der Waals surface area contributed by atoms with E-state index in [2.05, 4.69) is 98.0 Å². The zero-order valence-corrected chi connectivity index (χ0v) is 31.6. The monoisotopic (exact) mass is 714 g/mol. The fourth-order valence-corrected chi connectivity index (χ4v) is 6.11. The van der Waals surface area contributed by atoms with Gasteiger partial charge in [0.2, 0.25) is 11.4 Å². The van der Waals surface area contributed by atoms with Crippen LogP contribution in [0.5, 0.6) is 0 Å². The number of aryl methyl sites for hydroxylation is 2. The fraction of sp³-hybridized carbons (Fsp3) is 0.581. The first-order valence-corrected chi connectivity index (χ1v) is 21.5. The molecule has 2 nitrogen and oxygen atoms in total. The number of unbranched alkanes of at least 4 members (excludes halogenated alkanes) is 13. The van der Waals surface area contributed by atoms with Gasteiger partial charge in [-0.25, -0.2) is 4.70 Å². The predicted molar refractivity (Wildman–Crippen MR) is 198 cm³/mol. The van der Waals surface area contributed by atoms with Crippen LogP contribution in [0.4, 0.5) is 0 Å². The van der Waals surface area contributed by atoms with Crippen LogP contribution in [0.2, 0.25) is 10.8 Å². The van der Waals surface area contributed by atoms with Crippen molar-refractivity contribution in [1.29, 1.82) is 0 Å². The van der Waals surface area contributed by atoms with E-state index in [0.29, 0.717) is 0 Å². The third-order valence-corrected chi connectivity index (χ3v) is 8.72. The maximum atomic E-state index is 11.6. The Morgan fingerprint density at radius 3 is 1.93 bits per heavy atom. The molecule has 3 heteroatoms. The molecule has 0 radical (unpaired) electrons. The van der Waals surface area contributed by atoms with Crippen LogP contribution in [0, 0.1) is 11.8 Å². The van der Waals surface area contributed by atoms with Crippen molar-refractivity contribution in [3.8, 4) is 11.8 Å². The SMILES string of the molecule is CCCCCCCCCCCCC#CCCc1ccccc1C1=C(CCCC)C=C(c2cccc(CCCCC)c2)[N+]1=[N-].[CH3][Pd][CH3]. The molecule has 2 aromatic carbocycles. The minimum absolute atomic E-state index is 0.859. The first-order chi connectivity index (χ1) is 22.6. The molecule has 0 bridgehead atoms. The first kappa shape index (κ1) is 39.9. The average Bonchev–Trinajstić information content (AvgIpc) is 3.40. The molecule has 0 N–H and O–H groups in total. The number of benzene rings is 2. The quantitative estimate of drug-likeness (QED) is 0.0532. The maximum absolute atomic E-state index is 11.6. The third-order valence-electron chi connectivity index (χ3n) is 8.72. The van der Waals surface area contributed by atoms with E-state index in [9.17, 15) is 5.53 Å². The van der Waals surface area contributed by atoms with Crippen LogP contribution in [0.1, 0.15) is 159 Å². The predicted octanol–water partition coefficient (Wildman–Crippen LogP) is 13.8. The van der Waals surface area contributed by atoms with E-state index >= 15 is 0 Å². The molecule has 0 aliphatic carbocycles. The summed E-state index contributed by atoms with van der Waals surface area (Å²) in [6.45, 7) is 6.77.